The predicted molar refractivity (Wildman–Crippen MR) is 92.0 cm³/mol. The van der Waals surface area contributed by atoms with Crippen LogP contribution in [0.5, 0.6) is 0 Å². The molecule has 0 aliphatic carbocycles. The number of carbonyl (C=O) groups is 1. The van der Waals surface area contributed by atoms with Crippen LogP contribution in [0.3, 0.4) is 0 Å². The van der Waals surface area contributed by atoms with Gasteiger partial charge in [-0.3, -0.25) is 0 Å². The number of anilines is 1. The summed E-state index contributed by atoms with van der Waals surface area (Å²) in [4.78, 5) is 12.0. The van der Waals surface area contributed by atoms with Crippen LogP contribution in [0.2, 0.25) is 0 Å². The summed E-state index contributed by atoms with van der Waals surface area (Å²) in [6, 6.07) is 6.08. The fourth-order valence-electron chi connectivity index (χ4n) is 2.50. The maximum absolute atomic E-state index is 12.6. The van der Waals surface area contributed by atoms with Gasteiger partial charge in [-0.1, -0.05) is 0 Å². The Morgan fingerprint density at radius 3 is 2.25 bits per heavy atom. The quantitative estimate of drug-likeness (QED) is 0.807. The summed E-state index contributed by atoms with van der Waals surface area (Å²) < 4.78 is 31.8. The Labute approximate surface area is 143 Å². The fraction of sp³-hybridized carbons (Fsp3) is 0.562. The molecule has 1 aliphatic heterocycles. The van der Waals surface area contributed by atoms with Crippen molar-refractivity contribution in [2.24, 2.45) is 0 Å². The van der Waals surface area contributed by atoms with E-state index < -0.39 is 21.7 Å². The minimum atomic E-state index is -3.53. The van der Waals surface area contributed by atoms with Gasteiger partial charge < -0.3 is 15.8 Å². The van der Waals surface area contributed by atoms with E-state index in [1.54, 1.807) is 32.9 Å². The first-order valence-corrected chi connectivity index (χ1v) is 9.37. The highest BCUT2D eigenvalue weighted by Crippen LogP contribution is 2.21. The first-order valence-electron chi connectivity index (χ1n) is 7.93. The molecular weight excluding hydrogens is 330 g/mol. The summed E-state index contributed by atoms with van der Waals surface area (Å²) in [6.45, 7) is 6.11. The average molecular weight is 355 g/mol. The number of alkyl carbamates (subject to hydrolysis) is 1. The standard InChI is InChI=1S/C16H25N3O4S/c1-16(2,3)23-15(20)18-13-8-10-19(11-9-13)24(21,22)14-6-4-12(17)5-7-14/h4-7,13H,8-11,17H2,1-3H3,(H,18,20). The van der Waals surface area contributed by atoms with E-state index in [2.05, 4.69) is 5.32 Å². The summed E-state index contributed by atoms with van der Waals surface area (Å²) in [5, 5.41) is 2.80. The lowest BCUT2D eigenvalue weighted by Crippen LogP contribution is -2.47. The third-order valence-corrected chi connectivity index (χ3v) is 5.61. The van der Waals surface area contributed by atoms with Gasteiger partial charge in [0.2, 0.25) is 10.0 Å². The van der Waals surface area contributed by atoms with Gasteiger partial charge in [0.25, 0.3) is 0 Å². The molecule has 1 fully saturated rings. The molecule has 3 N–H and O–H groups in total. The molecule has 1 saturated heterocycles. The largest absolute Gasteiger partial charge is 0.444 e. The molecule has 8 heteroatoms. The van der Waals surface area contributed by atoms with Crippen molar-refractivity contribution in [2.75, 3.05) is 18.8 Å². The van der Waals surface area contributed by atoms with Gasteiger partial charge in [-0.2, -0.15) is 4.31 Å². The molecule has 0 aromatic heterocycles. The summed E-state index contributed by atoms with van der Waals surface area (Å²) in [5.41, 5.74) is 5.57. The number of hydrogen-bond donors (Lipinski definition) is 2. The lowest BCUT2D eigenvalue weighted by atomic mass is 10.1. The van der Waals surface area contributed by atoms with E-state index in [0.717, 1.165) is 0 Å². The van der Waals surface area contributed by atoms with Crippen molar-refractivity contribution in [1.82, 2.24) is 9.62 Å². The highest BCUT2D eigenvalue weighted by atomic mass is 32.2. The van der Waals surface area contributed by atoms with Crippen LogP contribution >= 0.6 is 0 Å². The zero-order valence-electron chi connectivity index (χ0n) is 14.3. The molecule has 0 spiro atoms. The Bertz CT molecular complexity index is 672. The molecule has 7 nitrogen and oxygen atoms in total. The maximum atomic E-state index is 12.6. The molecule has 0 unspecified atom stereocenters. The van der Waals surface area contributed by atoms with Crippen molar-refractivity contribution >= 4 is 21.8 Å². The molecule has 134 valence electrons. The number of amides is 1. The lowest BCUT2D eigenvalue weighted by molar-refractivity contribution is 0.0489. The lowest BCUT2D eigenvalue weighted by Gasteiger charge is -2.32. The maximum Gasteiger partial charge on any atom is 0.407 e. The number of nitrogens with zero attached hydrogens (tertiary/aromatic N) is 1. The molecule has 0 radical (unpaired) electrons. The normalized spacial score (nSPS) is 17.5. The Hall–Kier alpha value is -1.80. The second-order valence-corrected chi connectivity index (χ2v) is 8.83. The highest BCUT2D eigenvalue weighted by molar-refractivity contribution is 7.89. The van der Waals surface area contributed by atoms with Gasteiger partial charge >= 0.3 is 6.09 Å². The Morgan fingerprint density at radius 2 is 1.75 bits per heavy atom. The number of rotatable bonds is 3. The third-order valence-electron chi connectivity index (χ3n) is 3.69. The number of sulfonamides is 1. The molecule has 0 atom stereocenters. The van der Waals surface area contributed by atoms with Crippen LogP contribution in [0.25, 0.3) is 0 Å². The molecule has 0 bridgehead atoms. The molecule has 1 amide bonds. The van der Waals surface area contributed by atoms with E-state index in [1.807, 2.05) is 0 Å². The summed E-state index contributed by atoms with van der Waals surface area (Å²) >= 11 is 0. The van der Waals surface area contributed by atoms with Gasteiger partial charge in [-0.25, -0.2) is 13.2 Å². The van der Waals surface area contributed by atoms with E-state index >= 15 is 0 Å². The second-order valence-electron chi connectivity index (χ2n) is 6.89. The van der Waals surface area contributed by atoms with E-state index in [1.165, 1.54) is 16.4 Å². The zero-order valence-corrected chi connectivity index (χ0v) is 15.1. The molecule has 2 rings (SSSR count). The molecular formula is C16H25N3O4S. The molecule has 0 saturated carbocycles. The van der Waals surface area contributed by atoms with E-state index in [9.17, 15) is 13.2 Å². The minimum absolute atomic E-state index is 0.0854. The van der Waals surface area contributed by atoms with Crippen LogP contribution in [0, 0.1) is 0 Å². The zero-order chi connectivity index (χ0) is 18.0. The summed E-state index contributed by atoms with van der Waals surface area (Å²) in [5.74, 6) is 0. The average Bonchev–Trinajstić information content (AvgIpc) is 2.46. The summed E-state index contributed by atoms with van der Waals surface area (Å²) in [6.07, 6.45) is 0.628. The number of piperidine rings is 1. The number of carbonyl (C=O) groups excluding carboxylic acids is 1. The first kappa shape index (κ1) is 18.5. The van der Waals surface area contributed by atoms with Gasteiger partial charge in [0.15, 0.2) is 0 Å². The van der Waals surface area contributed by atoms with Gasteiger partial charge in [0.1, 0.15) is 5.60 Å². The van der Waals surface area contributed by atoms with Crippen molar-refractivity contribution in [1.29, 1.82) is 0 Å². The van der Waals surface area contributed by atoms with Crippen LogP contribution in [0.1, 0.15) is 33.6 Å². The second kappa shape index (κ2) is 6.98. The van der Waals surface area contributed by atoms with Gasteiger partial charge in [-0.05, 0) is 57.9 Å². The van der Waals surface area contributed by atoms with Gasteiger partial charge in [-0.15, -0.1) is 0 Å². The molecule has 1 aromatic rings. The van der Waals surface area contributed by atoms with Crippen molar-refractivity contribution in [3.63, 3.8) is 0 Å². The van der Waals surface area contributed by atoms with Crippen molar-refractivity contribution < 1.29 is 17.9 Å². The number of nitrogen functional groups attached to an aromatic ring is 1. The van der Waals surface area contributed by atoms with Crippen LogP contribution in [-0.2, 0) is 14.8 Å². The molecule has 1 heterocycles. The van der Waals surface area contributed by atoms with Gasteiger partial charge in [0.05, 0.1) is 4.90 Å². The monoisotopic (exact) mass is 355 g/mol. The number of benzene rings is 1. The number of ether oxygens (including phenoxy) is 1. The minimum Gasteiger partial charge on any atom is -0.444 e. The first-order chi connectivity index (χ1) is 11.1. The van der Waals surface area contributed by atoms with Crippen molar-refractivity contribution in [2.45, 2.75) is 50.2 Å². The van der Waals surface area contributed by atoms with E-state index in [0.29, 0.717) is 31.6 Å². The number of hydrogen-bond acceptors (Lipinski definition) is 5. The topological polar surface area (TPSA) is 102 Å². The number of nitrogens with one attached hydrogen (secondary N) is 1. The Kier molecular flexibility index (Phi) is 5.39. The van der Waals surface area contributed by atoms with E-state index in [-0.39, 0.29) is 10.9 Å². The SMILES string of the molecule is CC(C)(C)OC(=O)NC1CCN(S(=O)(=O)c2ccc(N)cc2)CC1. The Morgan fingerprint density at radius 1 is 1.21 bits per heavy atom. The van der Waals surface area contributed by atoms with Crippen LogP contribution < -0.4 is 11.1 Å². The third kappa shape index (κ3) is 4.85. The van der Waals surface area contributed by atoms with E-state index in [4.69, 9.17) is 10.5 Å². The Balaban J connectivity index is 1.92. The highest BCUT2D eigenvalue weighted by Gasteiger charge is 2.30. The molecule has 1 aliphatic rings. The molecule has 24 heavy (non-hydrogen) atoms. The summed E-state index contributed by atoms with van der Waals surface area (Å²) in [7, 11) is -3.53. The van der Waals surface area contributed by atoms with Gasteiger partial charge in [0, 0.05) is 24.8 Å². The van der Waals surface area contributed by atoms with Crippen LogP contribution in [0.4, 0.5) is 10.5 Å². The van der Waals surface area contributed by atoms with Crippen molar-refractivity contribution in [3.05, 3.63) is 24.3 Å². The van der Waals surface area contributed by atoms with Crippen molar-refractivity contribution in [3.8, 4) is 0 Å². The predicted octanol–water partition coefficient (Wildman–Crippen LogP) is 1.95. The van der Waals surface area contributed by atoms with Crippen LogP contribution in [0.15, 0.2) is 29.2 Å². The van der Waals surface area contributed by atoms with Crippen LogP contribution in [-0.4, -0.2) is 43.5 Å². The molecule has 1 aromatic carbocycles. The number of nitrogens with two attached hydrogens (primary N) is 1. The smallest absolute Gasteiger partial charge is 0.407 e. The fourth-order valence-corrected chi connectivity index (χ4v) is 3.97.